The van der Waals surface area contributed by atoms with E-state index in [1.54, 1.807) is 0 Å². The van der Waals surface area contributed by atoms with Crippen molar-refractivity contribution >= 4 is 30.4 Å². The quantitative estimate of drug-likeness (QED) is 0.261. The van der Waals surface area contributed by atoms with Crippen LogP contribution < -0.4 is 0 Å². The monoisotopic (exact) mass is 270 g/mol. The molecule has 0 N–H and O–H groups in total. The molecule has 0 saturated heterocycles. The Hall–Kier alpha value is 0.797. The predicted molar refractivity (Wildman–Crippen MR) is 72.2 cm³/mol. The lowest BCUT2D eigenvalue weighted by molar-refractivity contribution is -0.377. The average Bonchev–Trinajstić information content (AvgIpc) is 2.19. The van der Waals surface area contributed by atoms with Crippen LogP contribution >= 0.6 is 21.0 Å². The molecule has 0 spiro atoms. The highest BCUT2D eigenvalue weighted by molar-refractivity contribution is 8.84. The Kier molecular flexibility index (Phi) is 10.5. The van der Waals surface area contributed by atoms with E-state index in [1.807, 2.05) is 41.8 Å². The Labute approximate surface area is 103 Å². The molecule has 0 aliphatic heterocycles. The van der Waals surface area contributed by atoms with E-state index >= 15 is 0 Å². The molecule has 0 heterocycles. The van der Waals surface area contributed by atoms with Gasteiger partial charge in [-0.2, -0.15) is 0 Å². The summed E-state index contributed by atoms with van der Waals surface area (Å²) in [6, 6.07) is 0. The van der Waals surface area contributed by atoms with Crippen LogP contribution in [0.3, 0.4) is 0 Å². The van der Waals surface area contributed by atoms with Gasteiger partial charge in [0.1, 0.15) is 0 Å². The summed E-state index contributed by atoms with van der Waals surface area (Å²) in [7, 11) is 4.89. The van der Waals surface area contributed by atoms with Gasteiger partial charge in [-0.15, -0.1) is 21.0 Å². The molecule has 15 heavy (non-hydrogen) atoms. The number of rotatable bonds is 10. The fourth-order valence-corrected chi connectivity index (χ4v) is 4.00. The van der Waals surface area contributed by atoms with Crippen molar-refractivity contribution in [3.63, 3.8) is 0 Å². The highest BCUT2D eigenvalue weighted by atomic mass is 33.2. The van der Waals surface area contributed by atoms with Gasteiger partial charge in [-0.05, 0) is 20.8 Å². The van der Waals surface area contributed by atoms with Crippen LogP contribution in [0.2, 0.25) is 0 Å². The lowest BCUT2D eigenvalue weighted by atomic mass is 10.4. The topological polar surface area (TPSA) is 27.7 Å². The summed E-state index contributed by atoms with van der Waals surface area (Å²) in [5.74, 6) is 0.177. The highest BCUT2D eigenvalue weighted by Gasteiger charge is 2.31. The summed E-state index contributed by atoms with van der Waals surface area (Å²) >= 11 is 0. The van der Waals surface area contributed by atoms with Gasteiger partial charge < -0.3 is 14.2 Å². The second-order valence-corrected chi connectivity index (χ2v) is 8.41. The number of hydrogen-bond donors (Lipinski definition) is 0. The lowest BCUT2D eigenvalue weighted by Gasteiger charge is -2.32. The molecule has 6 heteroatoms. The molecule has 0 aromatic carbocycles. The Bertz CT molecular complexity index is 132. The van der Waals surface area contributed by atoms with E-state index in [1.165, 1.54) is 0 Å². The average molecular weight is 270 g/mol. The molecule has 3 nitrogen and oxygen atoms in total. The Morgan fingerprint density at radius 3 is 1.80 bits per heavy atom. The van der Waals surface area contributed by atoms with Gasteiger partial charge in [0.2, 0.25) is 0 Å². The second-order valence-electron chi connectivity index (χ2n) is 2.72. The van der Waals surface area contributed by atoms with Gasteiger partial charge in [-0.1, -0.05) is 0 Å². The molecule has 0 bridgehead atoms. The third kappa shape index (κ3) is 6.86. The van der Waals surface area contributed by atoms with Crippen molar-refractivity contribution in [3.05, 3.63) is 0 Å². The van der Waals surface area contributed by atoms with E-state index in [0.717, 1.165) is 21.6 Å². The van der Waals surface area contributed by atoms with Gasteiger partial charge in [0.25, 0.3) is 5.97 Å². The van der Waals surface area contributed by atoms with Crippen LogP contribution in [0.1, 0.15) is 27.2 Å². The van der Waals surface area contributed by atoms with E-state index in [-0.39, 0.29) is 0 Å². The minimum atomic E-state index is -0.817. The van der Waals surface area contributed by atoms with Gasteiger partial charge in [0.15, 0.2) is 0 Å². The first kappa shape index (κ1) is 15.8. The SMILES string of the molecule is CCOC(CCSS[SiH3])(OCC)OCC. The molecule has 0 aromatic rings. The fourth-order valence-electron chi connectivity index (χ4n) is 1.25. The number of hydrogen-bond acceptors (Lipinski definition) is 5. The molecule has 0 fully saturated rings. The number of ether oxygens (including phenoxy) is 3. The van der Waals surface area contributed by atoms with Crippen LogP contribution in [-0.4, -0.2) is 40.9 Å². The summed E-state index contributed by atoms with van der Waals surface area (Å²) in [5, 5.41) is 0. The first-order chi connectivity index (χ1) is 7.24. The Morgan fingerprint density at radius 2 is 1.47 bits per heavy atom. The van der Waals surface area contributed by atoms with Crippen molar-refractivity contribution in [1.29, 1.82) is 0 Å². The summed E-state index contributed by atoms with van der Waals surface area (Å²) in [5.41, 5.74) is 0. The standard InChI is InChI=1S/C9H22O3S2Si/c1-4-10-9(11-5-2,12-6-3)7-8-13-14-15/h4-8H2,1-3,15H3. The molecule has 0 saturated carbocycles. The van der Waals surface area contributed by atoms with Crippen LogP contribution in [0.4, 0.5) is 0 Å². The minimum Gasteiger partial charge on any atom is -0.328 e. The van der Waals surface area contributed by atoms with Crippen LogP contribution in [-0.2, 0) is 14.2 Å². The van der Waals surface area contributed by atoms with E-state index in [9.17, 15) is 0 Å². The van der Waals surface area contributed by atoms with Gasteiger partial charge >= 0.3 is 0 Å². The van der Waals surface area contributed by atoms with E-state index in [4.69, 9.17) is 14.2 Å². The molecule has 0 atom stereocenters. The molecular formula is C9H22O3S2Si. The first-order valence-electron chi connectivity index (χ1n) is 5.32. The largest absolute Gasteiger partial charge is 0.328 e. The van der Waals surface area contributed by atoms with E-state index in [0.29, 0.717) is 19.8 Å². The molecular weight excluding hydrogens is 248 g/mol. The van der Waals surface area contributed by atoms with Crippen LogP contribution in [0.5, 0.6) is 0 Å². The maximum Gasteiger partial charge on any atom is 0.283 e. The summed E-state index contributed by atoms with van der Waals surface area (Å²) < 4.78 is 16.8. The maximum absolute atomic E-state index is 5.60. The summed E-state index contributed by atoms with van der Waals surface area (Å²) in [6.45, 7) is 7.71. The minimum absolute atomic E-state index is 0.610. The van der Waals surface area contributed by atoms with Gasteiger partial charge in [0.05, 0.1) is 9.39 Å². The van der Waals surface area contributed by atoms with Crippen molar-refractivity contribution in [2.75, 3.05) is 25.6 Å². The van der Waals surface area contributed by atoms with Gasteiger partial charge in [0, 0.05) is 32.0 Å². The molecule has 0 amide bonds. The fraction of sp³-hybridized carbons (Fsp3) is 1.00. The first-order valence-corrected chi connectivity index (χ1v) is 10.5. The van der Waals surface area contributed by atoms with Crippen molar-refractivity contribution in [1.82, 2.24) is 0 Å². The van der Waals surface area contributed by atoms with E-state index in [2.05, 4.69) is 0 Å². The second kappa shape index (κ2) is 9.98. The Balaban J connectivity index is 4.18. The normalized spacial score (nSPS) is 12.2. The molecule has 0 rings (SSSR count). The molecule has 0 aromatic heterocycles. The smallest absolute Gasteiger partial charge is 0.283 e. The maximum atomic E-state index is 5.60. The third-order valence-electron chi connectivity index (χ3n) is 1.70. The molecule has 0 aliphatic carbocycles. The van der Waals surface area contributed by atoms with Crippen molar-refractivity contribution < 1.29 is 14.2 Å². The van der Waals surface area contributed by atoms with Crippen LogP contribution in [0.15, 0.2) is 0 Å². The zero-order valence-electron chi connectivity index (χ0n) is 10.1. The van der Waals surface area contributed by atoms with Gasteiger partial charge in [-0.25, -0.2) is 0 Å². The summed E-state index contributed by atoms with van der Waals surface area (Å²) in [6.07, 6.45) is 0.780. The van der Waals surface area contributed by atoms with Crippen molar-refractivity contribution in [2.45, 2.75) is 33.2 Å². The molecule has 0 unspecified atom stereocenters. The highest BCUT2D eigenvalue weighted by Crippen LogP contribution is 2.26. The predicted octanol–water partition coefficient (Wildman–Crippen LogP) is 1.80. The molecule has 0 radical (unpaired) electrons. The van der Waals surface area contributed by atoms with Crippen molar-refractivity contribution in [2.24, 2.45) is 0 Å². The van der Waals surface area contributed by atoms with Crippen LogP contribution in [0.25, 0.3) is 0 Å². The zero-order chi connectivity index (χ0) is 11.6. The van der Waals surface area contributed by atoms with Crippen LogP contribution in [0, 0.1) is 0 Å². The lowest BCUT2D eigenvalue weighted by Crippen LogP contribution is -2.40. The van der Waals surface area contributed by atoms with Crippen molar-refractivity contribution in [3.8, 4) is 0 Å². The third-order valence-corrected chi connectivity index (χ3v) is 5.64. The molecule has 0 aliphatic rings. The summed E-state index contributed by atoms with van der Waals surface area (Å²) in [4.78, 5) is 0. The van der Waals surface area contributed by atoms with E-state index < -0.39 is 5.97 Å². The zero-order valence-corrected chi connectivity index (χ0v) is 13.7. The van der Waals surface area contributed by atoms with Gasteiger partial charge in [-0.3, -0.25) is 0 Å². The molecule has 92 valence electrons. The Morgan fingerprint density at radius 1 is 1.00 bits per heavy atom.